The highest BCUT2D eigenvalue weighted by molar-refractivity contribution is 8.00. The van der Waals surface area contributed by atoms with Gasteiger partial charge in [-0.3, -0.25) is 4.79 Å². The van der Waals surface area contributed by atoms with Crippen LogP contribution in [0.2, 0.25) is 5.02 Å². The number of nitrogens with zero attached hydrogens (tertiary/aromatic N) is 4. The van der Waals surface area contributed by atoms with Crippen molar-refractivity contribution in [2.24, 2.45) is 7.05 Å². The summed E-state index contributed by atoms with van der Waals surface area (Å²) in [5.74, 6) is 0.766. The van der Waals surface area contributed by atoms with Crippen LogP contribution in [0.1, 0.15) is 37.1 Å². The lowest BCUT2D eigenvalue weighted by Gasteiger charge is -2.13. The minimum Gasteiger partial charge on any atom is -0.309 e. The number of pyridine rings is 1. The Kier molecular flexibility index (Phi) is 5.16. The molecule has 11 heteroatoms. The monoisotopic (exact) mass is 405 g/mol. The second-order valence-electron chi connectivity index (χ2n) is 5.98. The number of hydrogen-bond donors (Lipinski definition) is 1. The van der Waals surface area contributed by atoms with E-state index in [4.69, 9.17) is 11.6 Å². The summed E-state index contributed by atoms with van der Waals surface area (Å²) in [5, 5.41) is 10.4. The number of thioether (sulfide) groups is 1. The first-order chi connectivity index (χ1) is 12.2. The predicted octanol–water partition coefficient (Wildman–Crippen LogP) is 3.88. The molecule has 1 aliphatic rings. The summed E-state index contributed by atoms with van der Waals surface area (Å²) >= 11 is 7.01. The summed E-state index contributed by atoms with van der Waals surface area (Å²) in [6.45, 7) is 1.66. The molecule has 1 aliphatic carbocycles. The van der Waals surface area contributed by atoms with Gasteiger partial charge < -0.3 is 9.88 Å². The fourth-order valence-electron chi connectivity index (χ4n) is 2.24. The van der Waals surface area contributed by atoms with Crippen molar-refractivity contribution in [1.82, 2.24) is 19.7 Å². The fourth-order valence-corrected chi connectivity index (χ4v) is 3.28. The smallest absolute Gasteiger partial charge is 0.309 e. The molecule has 0 bridgehead atoms. The molecule has 1 amide bonds. The van der Waals surface area contributed by atoms with E-state index in [1.165, 1.54) is 11.8 Å². The maximum atomic E-state index is 12.6. The highest BCUT2D eigenvalue weighted by Crippen LogP contribution is 2.40. The molecule has 2 heterocycles. The summed E-state index contributed by atoms with van der Waals surface area (Å²) in [4.78, 5) is 15.9. The number of hydrogen-bond acceptors (Lipinski definition) is 5. The molecule has 1 N–H and O–H groups in total. The van der Waals surface area contributed by atoms with E-state index in [2.05, 4.69) is 20.5 Å². The average molecular weight is 406 g/mol. The first-order valence-electron chi connectivity index (χ1n) is 7.76. The molecule has 0 aromatic carbocycles. The Morgan fingerprint density at radius 2 is 2.12 bits per heavy atom. The molecule has 6 nitrogen and oxygen atoms in total. The number of amides is 1. The first kappa shape index (κ1) is 19.0. The number of nitrogens with one attached hydrogen (secondary N) is 1. The van der Waals surface area contributed by atoms with Crippen LogP contribution >= 0.6 is 23.4 Å². The van der Waals surface area contributed by atoms with Crippen LogP contribution < -0.4 is 5.32 Å². The number of carbonyl (C=O) groups excluding carboxylic acids is 1. The third kappa shape index (κ3) is 4.12. The van der Waals surface area contributed by atoms with Crippen molar-refractivity contribution in [3.05, 3.63) is 28.7 Å². The Hall–Kier alpha value is -1.81. The molecule has 0 unspecified atom stereocenters. The number of alkyl halides is 3. The SMILES string of the molecule is C[C@@H](Sc1nnc(C2CC2)n1C)C(=O)Nc1ncc(C(F)(F)F)cc1Cl. The molecule has 0 radical (unpaired) electrons. The molecule has 1 saturated carbocycles. The van der Waals surface area contributed by atoms with Crippen LogP contribution in [0.4, 0.5) is 19.0 Å². The number of halogens is 4. The maximum Gasteiger partial charge on any atom is 0.417 e. The van der Waals surface area contributed by atoms with E-state index < -0.39 is 22.9 Å². The van der Waals surface area contributed by atoms with Gasteiger partial charge in [-0.2, -0.15) is 13.2 Å². The zero-order chi connectivity index (χ0) is 19.1. The number of aromatic nitrogens is 4. The van der Waals surface area contributed by atoms with Crippen molar-refractivity contribution in [2.75, 3.05) is 5.32 Å². The van der Waals surface area contributed by atoms with E-state index in [0.29, 0.717) is 17.3 Å². The van der Waals surface area contributed by atoms with Crippen molar-refractivity contribution in [3.8, 4) is 0 Å². The van der Waals surface area contributed by atoms with Crippen LogP contribution in [-0.4, -0.2) is 30.9 Å². The van der Waals surface area contributed by atoms with E-state index in [0.717, 1.165) is 24.7 Å². The van der Waals surface area contributed by atoms with Gasteiger partial charge in [0.05, 0.1) is 15.8 Å². The van der Waals surface area contributed by atoms with Crippen molar-refractivity contribution < 1.29 is 18.0 Å². The van der Waals surface area contributed by atoms with Crippen LogP contribution in [0.25, 0.3) is 0 Å². The highest BCUT2D eigenvalue weighted by Gasteiger charge is 2.32. The summed E-state index contributed by atoms with van der Waals surface area (Å²) in [7, 11) is 1.84. The first-order valence-corrected chi connectivity index (χ1v) is 9.02. The molecule has 140 valence electrons. The van der Waals surface area contributed by atoms with Gasteiger partial charge in [-0.25, -0.2) is 4.98 Å². The predicted molar refractivity (Wildman–Crippen MR) is 91.2 cm³/mol. The number of anilines is 1. The van der Waals surface area contributed by atoms with Crippen LogP contribution in [0.3, 0.4) is 0 Å². The summed E-state index contributed by atoms with van der Waals surface area (Å²) in [6, 6.07) is 0.729. The Labute approximate surface area is 156 Å². The molecule has 0 aliphatic heterocycles. The maximum absolute atomic E-state index is 12.6. The van der Waals surface area contributed by atoms with Gasteiger partial charge in [-0.15, -0.1) is 10.2 Å². The normalized spacial score (nSPS) is 15.8. The minimum atomic E-state index is -4.55. The van der Waals surface area contributed by atoms with Crippen LogP contribution in [0, 0.1) is 0 Å². The van der Waals surface area contributed by atoms with Gasteiger partial charge in [0.25, 0.3) is 0 Å². The Bertz CT molecular complexity index is 837. The Morgan fingerprint density at radius 3 is 2.69 bits per heavy atom. The number of rotatable bonds is 5. The fraction of sp³-hybridized carbons (Fsp3) is 0.467. The van der Waals surface area contributed by atoms with Crippen LogP contribution in [0.15, 0.2) is 17.4 Å². The van der Waals surface area contributed by atoms with E-state index in [-0.39, 0.29) is 10.8 Å². The minimum absolute atomic E-state index is 0.117. The van der Waals surface area contributed by atoms with Gasteiger partial charge in [0, 0.05) is 19.2 Å². The molecular weight excluding hydrogens is 391 g/mol. The second kappa shape index (κ2) is 7.07. The molecule has 1 fully saturated rings. The quantitative estimate of drug-likeness (QED) is 0.764. The summed E-state index contributed by atoms with van der Waals surface area (Å²) < 4.78 is 39.7. The zero-order valence-electron chi connectivity index (χ0n) is 13.8. The molecule has 1 atom stereocenters. The second-order valence-corrected chi connectivity index (χ2v) is 7.69. The molecule has 26 heavy (non-hydrogen) atoms. The lowest BCUT2D eigenvalue weighted by molar-refractivity contribution is -0.137. The van der Waals surface area contributed by atoms with Gasteiger partial charge in [0.2, 0.25) is 5.91 Å². The highest BCUT2D eigenvalue weighted by atomic mass is 35.5. The van der Waals surface area contributed by atoms with Gasteiger partial charge in [0.15, 0.2) is 11.0 Å². The van der Waals surface area contributed by atoms with Crippen molar-refractivity contribution in [2.45, 2.75) is 42.3 Å². The van der Waals surface area contributed by atoms with Crippen LogP contribution in [0.5, 0.6) is 0 Å². The summed E-state index contributed by atoms with van der Waals surface area (Å²) in [6.07, 6.45) is -1.74. The topological polar surface area (TPSA) is 72.7 Å². The third-order valence-corrected chi connectivity index (χ3v) is 5.29. The zero-order valence-corrected chi connectivity index (χ0v) is 15.4. The lowest BCUT2D eigenvalue weighted by Crippen LogP contribution is -2.23. The van der Waals surface area contributed by atoms with Gasteiger partial charge in [-0.05, 0) is 25.8 Å². The van der Waals surface area contributed by atoms with E-state index in [9.17, 15) is 18.0 Å². The van der Waals surface area contributed by atoms with Gasteiger partial charge in [0.1, 0.15) is 5.82 Å². The van der Waals surface area contributed by atoms with E-state index in [1.54, 1.807) is 6.92 Å². The van der Waals surface area contributed by atoms with Gasteiger partial charge in [-0.1, -0.05) is 23.4 Å². The molecule has 2 aromatic heterocycles. The molecule has 3 rings (SSSR count). The van der Waals surface area contributed by atoms with Gasteiger partial charge >= 0.3 is 6.18 Å². The van der Waals surface area contributed by atoms with E-state index in [1.807, 2.05) is 11.6 Å². The average Bonchev–Trinajstić information content (AvgIpc) is 3.33. The third-order valence-electron chi connectivity index (χ3n) is 3.87. The molecule has 0 saturated heterocycles. The molecule has 2 aromatic rings. The molecular formula is C15H15ClF3N5OS. The van der Waals surface area contributed by atoms with Crippen molar-refractivity contribution >= 4 is 35.1 Å². The Balaban J connectivity index is 1.66. The standard InChI is InChI=1S/C15H15ClF3N5OS/c1-7(26-14-23-22-12(24(14)2)8-3-4-8)13(25)21-11-10(16)5-9(6-20-11)15(17,18)19/h5-8H,3-4H2,1-2H3,(H,20,21,25)/t7-/m1/s1. The lowest BCUT2D eigenvalue weighted by atomic mass is 10.2. The Morgan fingerprint density at radius 1 is 1.42 bits per heavy atom. The largest absolute Gasteiger partial charge is 0.417 e. The number of carbonyl (C=O) groups is 1. The van der Waals surface area contributed by atoms with Crippen molar-refractivity contribution in [3.63, 3.8) is 0 Å². The molecule has 0 spiro atoms. The summed E-state index contributed by atoms with van der Waals surface area (Å²) in [5.41, 5.74) is -0.977. The van der Waals surface area contributed by atoms with Crippen LogP contribution in [-0.2, 0) is 18.0 Å². The van der Waals surface area contributed by atoms with Crippen molar-refractivity contribution in [1.29, 1.82) is 0 Å². The van der Waals surface area contributed by atoms with E-state index >= 15 is 0 Å².